The number of hydrogen-bond acceptors (Lipinski definition) is 3. The Morgan fingerprint density at radius 2 is 1.70 bits per heavy atom. The molecule has 1 unspecified atom stereocenters. The molecule has 20 heavy (non-hydrogen) atoms. The van der Waals surface area contributed by atoms with E-state index in [1.807, 2.05) is 19.2 Å². The maximum atomic E-state index is 5.81. The van der Waals surface area contributed by atoms with Crippen molar-refractivity contribution >= 4 is 22.5 Å². The highest BCUT2D eigenvalue weighted by Gasteiger charge is 2.03. The van der Waals surface area contributed by atoms with Crippen LogP contribution in [0.1, 0.15) is 18.7 Å². The Morgan fingerprint density at radius 3 is 2.40 bits per heavy atom. The Hall–Kier alpha value is -1.84. The molecule has 0 aliphatic carbocycles. The smallest absolute Gasteiger partial charge is 0.0569 e. The summed E-state index contributed by atoms with van der Waals surface area (Å²) in [5, 5.41) is 2.53. The Labute approximate surface area is 123 Å². The molecule has 0 aliphatic heterocycles. The highest BCUT2D eigenvalue weighted by atomic mass is 32.2. The standard InChI is InChI=1S/C17H16N2S/c1-12(18)17-9-8-16(11-19-17)20-15-7-6-13-4-2-3-5-14(13)10-15/h2-12H,18H2,1H3. The molecule has 0 bridgehead atoms. The van der Waals surface area contributed by atoms with Gasteiger partial charge in [0.05, 0.1) is 5.69 Å². The summed E-state index contributed by atoms with van der Waals surface area (Å²) in [5.41, 5.74) is 6.73. The van der Waals surface area contributed by atoms with Crippen molar-refractivity contribution in [2.45, 2.75) is 22.8 Å². The number of hydrogen-bond donors (Lipinski definition) is 1. The lowest BCUT2D eigenvalue weighted by Crippen LogP contribution is -2.06. The third kappa shape index (κ3) is 2.84. The fourth-order valence-electron chi connectivity index (χ4n) is 2.09. The van der Waals surface area contributed by atoms with E-state index in [-0.39, 0.29) is 6.04 Å². The van der Waals surface area contributed by atoms with Crippen molar-refractivity contribution in [1.82, 2.24) is 4.98 Å². The van der Waals surface area contributed by atoms with Crippen LogP contribution in [0.15, 0.2) is 70.6 Å². The molecule has 3 aromatic rings. The van der Waals surface area contributed by atoms with E-state index in [1.165, 1.54) is 15.7 Å². The predicted molar refractivity (Wildman–Crippen MR) is 84.9 cm³/mol. The van der Waals surface area contributed by atoms with Gasteiger partial charge in [0.15, 0.2) is 0 Å². The van der Waals surface area contributed by atoms with Crippen molar-refractivity contribution in [3.05, 3.63) is 66.5 Å². The van der Waals surface area contributed by atoms with Gasteiger partial charge in [-0.15, -0.1) is 0 Å². The third-order valence-corrected chi connectivity index (χ3v) is 4.15. The second-order valence-electron chi connectivity index (χ2n) is 4.82. The highest BCUT2D eigenvalue weighted by molar-refractivity contribution is 7.99. The molecule has 100 valence electrons. The minimum Gasteiger partial charge on any atom is -0.323 e. The van der Waals surface area contributed by atoms with Crippen molar-refractivity contribution in [2.75, 3.05) is 0 Å². The molecule has 0 amide bonds. The Bertz CT molecular complexity index is 720. The largest absolute Gasteiger partial charge is 0.323 e. The third-order valence-electron chi connectivity index (χ3n) is 3.18. The van der Waals surface area contributed by atoms with Crippen LogP contribution in [0.3, 0.4) is 0 Å². The van der Waals surface area contributed by atoms with Gasteiger partial charge in [0, 0.05) is 22.0 Å². The molecule has 0 spiro atoms. The van der Waals surface area contributed by atoms with E-state index < -0.39 is 0 Å². The monoisotopic (exact) mass is 280 g/mol. The van der Waals surface area contributed by atoms with E-state index in [0.29, 0.717) is 0 Å². The number of fused-ring (bicyclic) bond motifs is 1. The van der Waals surface area contributed by atoms with Crippen LogP contribution < -0.4 is 5.73 Å². The molecule has 0 saturated heterocycles. The van der Waals surface area contributed by atoms with Gasteiger partial charge < -0.3 is 5.73 Å². The van der Waals surface area contributed by atoms with Crippen molar-refractivity contribution in [1.29, 1.82) is 0 Å². The van der Waals surface area contributed by atoms with Crippen LogP contribution in [0.5, 0.6) is 0 Å². The average Bonchev–Trinajstić information content (AvgIpc) is 2.48. The molecule has 0 fully saturated rings. The van der Waals surface area contributed by atoms with Gasteiger partial charge in [-0.2, -0.15) is 0 Å². The summed E-state index contributed by atoms with van der Waals surface area (Å²) in [6.45, 7) is 1.94. The second-order valence-corrected chi connectivity index (χ2v) is 5.97. The van der Waals surface area contributed by atoms with Gasteiger partial charge in [-0.25, -0.2) is 0 Å². The minimum atomic E-state index is -0.0188. The van der Waals surface area contributed by atoms with Crippen molar-refractivity contribution in [2.24, 2.45) is 5.73 Å². The van der Waals surface area contributed by atoms with Gasteiger partial charge in [-0.05, 0) is 42.0 Å². The molecule has 2 nitrogen and oxygen atoms in total. The molecular weight excluding hydrogens is 264 g/mol. The maximum absolute atomic E-state index is 5.81. The summed E-state index contributed by atoms with van der Waals surface area (Å²) >= 11 is 1.72. The van der Waals surface area contributed by atoms with E-state index in [2.05, 4.69) is 53.5 Å². The zero-order chi connectivity index (χ0) is 13.9. The molecule has 0 radical (unpaired) electrons. The normalized spacial score (nSPS) is 12.5. The molecule has 0 aliphatic rings. The quantitative estimate of drug-likeness (QED) is 0.772. The van der Waals surface area contributed by atoms with Crippen molar-refractivity contribution in [3.63, 3.8) is 0 Å². The molecule has 3 heteroatoms. The van der Waals surface area contributed by atoms with Crippen LogP contribution in [0, 0.1) is 0 Å². The SMILES string of the molecule is CC(N)c1ccc(Sc2ccc3ccccc3c2)cn1. The lowest BCUT2D eigenvalue weighted by molar-refractivity contribution is 0.777. The average molecular weight is 280 g/mol. The Kier molecular flexibility index (Phi) is 3.72. The maximum Gasteiger partial charge on any atom is 0.0569 e. The number of aromatic nitrogens is 1. The molecule has 1 atom stereocenters. The van der Waals surface area contributed by atoms with E-state index >= 15 is 0 Å². The zero-order valence-electron chi connectivity index (χ0n) is 11.3. The van der Waals surface area contributed by atoms with Crippen LogP contribution in [0.25, 0.3) is 10.8 Å². The van der Waals surface area contributed by atoms with Gasteiger partial charge in [0.1, 0.15) is 0 Å². The zero-order valence-corrected chi connectivity index (χ0v) is 12.1. The molecule has 2 N–H and O–H groups in total. The predicted octanol–water partition coefficient (Wildman–Crippen LogP) is 4.41. The van der Waals surface area contributed by atoms with E-state index in [4.69, 9.17) is 5.73 Å². The molecular formula is C17H16N2S. The molecule has 0 saturated carbocycles. The van der Waals surface area contributed by atoms with E-state index in [0.717, 1.165) is 10.6 Å². The Balaban J connectivity index is 1.85. The number of benzene rings is 2. The second kappa shape index (κ2) is 5.65. The highest BCUT2D eigenvalue weighted by Crippen LogP contribution is 2.30. The first-order valence-electron chi connectivity index (χ1n) is 6.60. The summed E-state index contributed by atoms with van der Waals surface area (Å²) < 4.78 is 0. The van der Waals surface area contributed by atoms with Crippen molar-refractivity contribution in [3.8, 4) is 0 Å². The molecule has 2 aromatic carbocycles. The van der Waals surface area contributed by atoms with Gasteiger partial charge >= 0.3 is 0 Å². The summed E-state index contributed by atoms with van der Waals surface area (Å²) in [7, 11) is 0. The minimum absolute atomic E-state index is 0.0188. The molecule has 3 rings (SSSR count). The summed E-state index contributed by atoms with van der Waals surface area (Å²) in [5.74, 6) is 0. The first-order valence-corrected chi connectivity index (χ1v) is 7.42. The molecule has 1 aromatic heterocycles. The van der Waals surface area contributed by atoms with Crippen LogP contribution in [-0.2, 0) is 0 Å². The van der Waals surface area contributed by atoms with Gasteiger partial charge in [0.2, 0.25) is 0 Å². The Morgan fingerprint density at radius 1 is 0.950 bits per heavy atom. The van der Waals surface area contributed by atoms with Crippen LogP contribution >= 0.6 is 11.8 Å². The summed E-state index contributed by atoms with van der Waals surface area (Å²) in [6.07, 6.45) is 1.89. The number of nitrogens with zero attached hydrogens (tertiary/aromatic N) is 1. The topological polar surface area (TPSA) is 38.9 Å². The molecule has 1 heterocycles. The lowest BCUT2D eigenvalue weighted by Gasteiger charge is -2.06. The fraction of sp³-hybridized carbons (Fsp3) is 0.118. The van der Waals surface area contributed by atoms with Crippen LogP contribution in [0.2, 0.25) is 0 Å². The first kappa shape index (κ1) is 13.2. The lowest BCUT2D eigenvalue weighted by atomic mass is 10.1. The fourth-order valence-corrected chi connectivity index (χ4v) is 2.92. The first-order chi connectivity index (χ1) is 9.72. The van der Waals surface area contributed by atoms with Crippen molar-refractivity contribution < 1.29 is 0 Å². The number of rotatable bonds is 3. The van der Waals surface area contributed by atoms with Crippen LogP contribution in [-0.4, -0.2) is 4.98 Å². The van der Waals surface area contributed by atoms with Gasteiger partial charge in [-0.3, -0.25) is 4.98 Å². The van der Waals surface area contributed by atoms with E-state index in [1.54, 1.807) is 11.8 Å². The van der Waals surface area contributed by atoms with Crippen LogP contribution in [0.4, 0.5) is 0 Å². The van der Waals surface area contributed by atoms with E-state index in [9.17, 15) is 0 Å². The summed E-state index contributed by atoms with van der Waals surface area (Å²) in [6, 6.07) is 18.9. The summed E-state index contributed by atoms with van der Waals surface area (Å²) in [4.78, 5) is 6.74. The van der Waals surface area contributed by atoms with Gasteiger partial charge in [0.25, 0.3) is 0 Å². The number of nitrogens with two attached hydrogens (primary N) is 1. The van der Waals surface area contributed by atoms with Gasteiger partial charge in [-0.1, -0.05) is 42.1 Å². The number of pyridine rings is 1.